The van der Waals surface area contributed by atoms with Crippen molar-refractivity contribution in [2.24, 2.45) is 0 Å². The third-order valence-corrected chi connectivity index (χ3v) is 7.94. The van der Waals surface area contributed by atoms with Crippen molar-refractivity contribution in [1.29, 1.82) is 0 Å². The van der Waals surface area contributed by atoms with Crippen LogP contribution in [0.1, 0.15) is 34.2 Å². The standard InChI is InChI=1S/C35H28N4/c1-4-15-29(16-5-1)35(30-17-6-2-7-18-30,31-19-8-3-9-20-31)39-34(36-37-38-39)33-22-11-10-21-32(33)28-24-23-26-13-12-14-27(26)25-28/h1-11,15-25H,12-14H2. The minimum atomic E-state index is -0.784. The van der Waals surface area contributed by atoms with E-state index in [1.807, 2.05) is 22.9 Å². The molecule has 4 heteroatoms. The Morgan fingerprint density at radius 2 is 1.08 bits per heavy atom. The highest BCUT2D eigenvalue weighted by Crippen LogP contribution is 2.43. The SMILES string of the molecule is c1ccc(C(c2ccccc2)(c2ccccc2)n2nnnc2-c2ccccc2-c2ccc3c(c2)CCC3)cc1. The molecule has 0 spiro atoms. The Morgan fingerprint density at radius 1 is 0.538 bits per heavy atom. The lowest BCUT2D eigenvalue weighted by atomic mass is 9.77. The fourth-order valence-electron chi connectivity index (χ4n) is 6.16. The summed E-state index contributed by atoms with van der Waals surface area (Å²) in [7, 11) is 0. The molecule has 0 saturated heterocycles. The summed E-state index contributed by atoms with van der Waals surface area (Å²) in [5.41, 5.74) is 8.74. The first-order valence-electron chi connectivity index (χ1n) is 13.5. The Kier molecular flexibility index (Phi) is 5.86. The molecule has 0 radical (unpaired) electrons. The zero-order valence-electron chi connectivity index (χ0n) is 21.6. The van der Waals surface area contributed by atoms with Gasteiger partial charge in [0.25, 0.3) is 0 Å². The van der Waals surface area contributed by atoms with Crippen LogP contribution in [0.3, 0.4) is 0 Å². The predicted molar refractivity (Wildman–Crippen MR) is 155 cm³/mol. The molecule has 7 rings (SSSR count). The molecule has 1 heterocycles. The van der Waals surface area contributed by atoms with E-state index in [-0.39, 0.29) is 0 Å². The number of rotatable bonds is 6. The Labute approximate surface area is 228 Å². The van der Waals surface area contributed by atoms with Crippen LogP contribution in [0.15, 0.2) is 133 Å². The van der Waals surface area contributed by atoms with E-state index in [1.165, 1.54) is 29.5 Å². The van der Waals surface area contributed by atoms with Gasteiger partial charge in [-0.2, -0.15) is 0 Å². The van der Waals surface area contributed by atoms with Crippen LogP contribution < -0.4 is 0 Å². The fraction of sp³-hybridized carbons (Fsp3) is 0.114. The minimum Gasteiger partial charge on any atom is -0.205 e. The van der Waals surface area contributed by atoms with Crippen molar-refractivity contribution in [1.82, 2.24) is 20.2 Å². The van der Waals surface area contributed by atoms with Crippen molar-refractivity contribution >= 4 is 0 Å². The first kappa shape index (κ1) is 23.3. The summed E-state index contributed by atoms with van der Waals surface area (Å²) in [5, 5.41) is 13.7. The molecule has 1 aliphatic rings. The molecule has 4 nitrogen and oxygen atoms in total. The van der Waals surface area contributed by atoms with Crippen molar-refractivity contribution in [2.75, 3.05) is 0 Å². The first-order valence-corrected chi connectivity index (χ1v) is 13.5. The Balaban J connectivity index is 1.52. The van der Waals surface area contributed by atoms with E-state index in [0.717, 1.165) is 40.1 Å². The smallest absolute Gasteiger partial charge is 0.184 e. The third-order valence-electron chi connectivity index (χ3n) is 7.94. The van der Waals surface area contributed by atoms with Crippen molar-refractivity contribution in [3.8, 4) is 22.5 Å². The molecule has 0 saturated carbocycles. The van der Waals surface area contributed by atoms with Gasteiger partial charge in [-0.15, -0.1) is 5.10 Å². The van der Waals surface area contributed by atoms with Crippen LogP contribution in [0.4, 0.5) is 0 Å². The number of tetrazole rings is 1. The van der Waals surface area contributed by atoms with Crippen LogP contribution >= 0.6 is 0 Å². The largest absolute Gasteiger partial charge is 0.205 e. The molecule has 0 fully saturated rings. The van der Waals surface area contributed by atoms with Gasteiger partial charge in [0.2, 0.25) is 0 Å². The third kappa shape index (κ3) is 3.88. The quantitative estimate of drug-likeness (QED) is 0.223. The van der Waals surface area contributed by atoms with Gasteiger partial charge in [-0.05, 0) is 68.6 Å². The number of aryl methyl sites for hydroxylation is 2. The van der Waals surface area contributed by atoms with Crippen molar-refractivity contribution in [3.63, 3.8) is 0 Å². The summed E-state index contributed by atoms with van der Waals surface area (Å²) >= 11 is 0. The van der Waals surface area contributed by atoms with E-state index >= 15 is 0 Å². The van der Waals surface area contributed by atoms with Crippen LogP contribution in [-0.2, 0) is 18.4 Å². The van der Waals surface area contributed by atoms with Gasteiger partial charge in [0, 0.05) is 5.56 Å². The lowest BCUT2D eigenvalue weighted by Gasteiger charge is -2.36. The van der Waals surface area contributed by atoms with Gasteiger partial charge in [-0.3, -0.25) is 0 Å². The molecule has 1 aromatic heterocycles. The maximum absolute atomic E-state index is 4.74. The lowest BCUT2D eigenvalue weighted by Crippen LogP contribution is -2.39. The Hall–Kier alpha value is -4.83. The molecule has 5 aromatic carbocycles. The number of aromatic nitrogens is 4. The highest BCUT2D eigenvalue weighted by Gasteiger charge is 2.42. The van der Waals surface area contributed by atoms with Gasteiger partial charge in [-0.1, -0.05) is 133 Å². The zero-order chi connectivity index (χ0) is 26.1. The van der Waals surface area contributed by atoms with E-state index in [4.69, 9.17) is 5.21 Å². The molecule has 188 valence electrons. The first-order chi connectivity index (χ1) is 19.4. The van der Waals surface area contributed by atoms with Crippen LogP contribution in [0, 0.1) is 0 Å². The van der Waals surface area contributed by atoms with Crippen molar-refractivity contribution in [2.45, 2.75) is 24.8 Å². The van der Waals surface area contributed by atoms with Crippen LogP contribution in [0.25, 0.3) is 22.5 Å². The molecule has 0 N–H and O–H groups in total. The molecule has 0 aliphatic heterocycles. The summed E-state index contributed by atoms with van der Waals surface area (Å²) < 4.78 is 2.01. The van der Waals surface area contributed by atoms with Crippen molar-refractivity contribution in [3.05, 3.63) is 161 Å². The van der Waals surface area contributed by atoms with Gasteiger partial charge in [0.05, 0.1) is 0 Å². The predicted octanol–water partition coefficient (Wildman–Crippen LogP) is 7.34. The number of hydrogen-bond acceptors (Lipinski definition) is 3. The number of hydrogen-bond donors (Lipinski definition) is 0. The average Bonchev–Trinajstić information content (AvgIpc) is 3.69. The second-order valence-corrected chi connectivity index (χ2v) is 10.1. The summed E-state index contributed by atoms with van der Waals surface area (Å²) in [5.74, 6) is 0.725. The van der Waals surface area contributed by atoms with Gasteiger partial charge < -0.3 is 0 Å². The number of fused-ring (bicyclic) bond motifs is 1. The second-order valence-electron chi connectivity index (χ2n) is 10.1. The molecule has 0 amide bonds. The van der Waals surface area contributed by atoms with Gasteiger partial charge in [0.15, 0.2) is 5.82 Å². The van der Waals surface area contributed by atoms with E-state index in [9.17, 15) is 0 Å². The molecule has 39 heavy (non-hydrogen) atoms. The molecule has 0 atom stereocenters. The highest BCUT2D eigenvalue weighted by molar-refractivity contribution is 5.81. The van der Waals surface area contributed by atoms with E-state index < -0.39 is 5.54 Å². The molecular weight excluding hydrogens is 476 g/mol. The van der Waals surface area contributed by atoms with Crippen LogP contribution in [0.2, 0.25) is 0 Å². The minimum absolute atomic E-state index is 0.725. The molecule has 0 unspecified atom stereocenters. The van der Waals surface area contributed by atoms with E-state index in [1.54, 1.807) is 0 Å². The molecule has 0 bridgehead atoms. The summed E-state index contributed by atoms with van der Waals surface area (Å²) in [6.07, 6.45) is 3.54. The summed E-state index contributed by atoms with van der Waals surface area (Å²) in [6, 6.07) is 47.0. The van der Waals surface area contributed by atoms with Crippen LogP contribution in [0.5, 0.6) is 0 Å². The maximum atomic E-state index is 4.74. The zero-order valence-corrected chi connectivity index (χ0v) is 21.6. The topological polar surface area (TPSA) is 43.6 Å². The Bertz CT molecular complexity index is 1630. The summed E-state index contributed by atoms with van der Waals surface area (Å²) in [6.45, 7) is 0. The van der Waals surface area contributed by atoms with E-state index in [0.29, 0.717) is 0 Å². The lowest BCUT2D eigenvalue weighted by molar-refractivity contribution is 0.451. The summed E-state index contributed by atoms with van der Waals surface area (Å²) in [4.78, 5) is 0. The molecule has 1 aliphatic carbocycles. The van der Waals surface area contributed by atoms with Crippen LogP contribution in [-0.4, -0.2) is 20.2 Å². The Morgan fingerprint density at radius 3 is 1.69 bits per heavy atom. The maximum Gasteiger partial charge on any atom is 0.184 e. The van der Waals surface area contributed by atoms with Crippen molar-refractivity contribution < 1.29 is 0 Å². The number of benzene rings is 5. The normalized spacial score (nSPS) is 12.8. The molecule has 6 aromatic rings. The molecular formula is C35H28N4. The van der Waals surface area contributed by atoms with E-state index in [2.05, 4.69) is 126 Å². The fourth-order valence-corrected chi connectivity index (χ4v) is 6.16. The van der Waals surface area contributed by atoms with Gasteiger partial charge in [-0.25, -0.2) is 4.68 Å². The van der Waals surface area contributed by atoms with Gasteiger partial charge >= 0.3 is 0 Å². The number of nitrogens with zero attached hydrogens (tertiary/aromatic N) is 4. The average molecular weight is 505 g/mol. The highest BCUT2D eigenvalue weighted by atomic mass is 15.6. The van der Waals surface area contributed by atoms with Gasteiger partial charge in [0.1, 0.15) is 5.54 Å². The second kappa shape index (κ2) is 9.80. The monoisotopic (exact) mass is 504 g/mol.